The van der Waals surface area contributed by atoms with Gasteiger partial charge in [0, 0.05) is 0 Å². The number of ether oxygens (including phenoxy) is 1. The van der Waals surface area contributed by atoms with E-state index < -0.39 is 0 Å². The van der Waals surface area contributed by atoms with Crippen LogP contribution in [0.15, 0.2) is 18.2 Å². The fourth-order valence-corrected chi connectivity index (χ4v) is 0.990. The topological polar surface area (TPSA) is 38.7 Å². The van der Waals surface area contributed by atoms with Crippen molar-refractivity contribution in [1.82, 2.24) is 0 Å². The summed E-state index contributed by atoms with van der Waals surface area (Å²) in [4.78, 5) is 0. The van der Waals surface area contributed by atoms with Gasteiger partial charge >= 0.3 is 7.69 Å². The molecule has 0 bridgehead atoms. The van der Waals surface area contributed by atoms with Crippen molar-refractivity contribution in [2.75, 3.05) is 7.11 Å². The van der Waals surface area contributed by atoms with Gasteiger partial charge in [-0.3, -0.25) is 0 Å². The third kappa shape index (κ3) is 1.71. The van der Waals surface area contributed by atoms with Gasteiger partial charge < -0.3 is 14.4 Å². The summed E-state index contributed by atoms with van der Waals surface area (Å²) in [5.41, 5.74) is 0.916. The van der Waals surface area contributed by atoms with Crippen molar-refractivity contribution in [3.63, 3.8) is 0 Å². The lowest BCUT2D eigenvalue weighted by atomic mass is 10.2. The van der Waals surface area contributed by atoms with Crippen LogP contribution in [-0.2, 0) is 0 Å². The number of benzene rings is 1. The van der Waals surface area contributed by atoms with E-state index >= 15 is 0 Å². The third-order valence-corrected chi connectivity index (χ3v) is 1.57. The van der Waals surface area contributed by atoms with Crippen LogP contribution in [0.4, 0.5) is 0 Å². The highest BCUT2D eigenvalue weighted by molar-refractivity contribution is 6.17. The Bertz CT molecular complexity index is 262. The van der Waals surface area contributed by atoms with E-state index in [0.29, 0.717) is 19.2 Å². The van der Waals surface area contributed by atoms with Crippen LogP contribution in [0.2, 0.25) is 0 Å². The van der Waals surface area contributed by atoms with E-state index in [2.05, 4.69) is 0 Å². The Labute approximate surface area is 72.2 Å². The van der Waals surface area contributed by atoms with Gasteiger partial charge in [-0.2, -0.15) is 0 Å². The average Bonchev–Trinajstić information content (AvgIpc) is 2.09. The van der Waals surface area contributed by atoms with E-state index in [-0.39, 0.29) is 0 Å². The molecule has 0 saturated carbocycles. The van der Waals surface area contributed by atoms with Gasteiger partial charge in [0.25, 0.3) is 0 Å². The second kappa shape index (κ2) is 4.02. The Hall–Kier alpha value is -1.16. The molecule has 0 unspecified atom stereocenters. The Morgan fingerprint density at radius 2 is 2.17 bits per heavy atom. The Morgan fingerprint density at radius 3 is 2.75 bits per heavy atom. The van der Waals surface area contributed by atoms with Crippen molar-refractivity contribution in [3.05, 3.63) is 23.8 Å². The van der Waals surface area contributed by atoms with Crippen molar-refractivity contribution in [1.29, 1.82) is 0 Å². The molecule has 0 spiro atoms. The molecule has 12 heavy (non-hydrogen) atoms. The van der Waals surface area contributed by atoms with Crippen molar-refractivity contribution < 1.29 is 14.4 Å². The van der Waals surface area contributed by atoms with E-state index in [9.17, 15) is 0 Å². The number of methoxy groups -OCH3 is 1. The Kier molecular flexibility index (Phi) is 2.99. The molecule has 1 N–H and O–H groups in total. The van der Waals surface area contributed by atoms with Crippen LogP contribution in [0.25, 0.3) is 0 Å². The summed E-state index contributed by atoms with van der Waals surface area (Å²) in [6, 6.07) is 5.51. The smallest absolute Gasteiger partial charge is 0.535 e. The monoisotopic (exact) mass is 165 g/mol. The molecule has 0 aliphatic carbocycles. The molecule has 0 atom stereocenters. The summed E-state index contributed by atoms with van der Waals surface area (Å²) >= 11 is 0. The highest BCUT2D eigenvalue weighted by Gasteiger charge is 2.06. The van der Waals surface area contributed by atoms with E-state index in [4.69, 9.17) is 14.4 Å². The minimum atomic E-state index is 0.544. The highest BCUT2D eigenvalue weighted by atomic mass is 16.5. The molecule has 0 aliphatic heterocycles. The van der Waals surface area contributed by atoms with Gasteiger partial charge in [0.1, 0.15) is 5.75 Å². The fourth-order valence-electron chi connectivity index (χ4n) is 0.990. The van der Waals surface area contributed by atoms with Gasteiger partial charge in [-0.1, -0.05) is 12.1 Å². The number of para-hydroxylation sites is 1. The van der Waals surface area contributed by atoms with Gasteiger partial charge in [0.15, 0.2) is 5.75 Å². The van der Waals surface area contributed by atoms with Gasteiger partial charge in [-0.25, -0.2) is 0 Å². The Balaban J connectivity index is 3.02. The van der Waals surface area contributed by atoms with E-state index in [0.717, 1.165) is 5.56 Å². The quantitative estimate of drug-likeness (QED) is 0.676. The largest absolute Gasteiger partial charge is 0.569 e. The van der Waals surface area contributed by atoms with Gasteiger partial charge in [-0.05, 0) is 18.6 Å². The van der Waals surface area contributed by atoms with E-state index in [1.165, 1.54) is 0 Å². The first-order valence-electron chi connectivity index (χ1n) is 3.55. The molecule has 0 amide bonds. The maximum absolute atomic E-state index is 8.46. The first-order valence-corrected chi connectivity index (χ1v) is 3.55. The number of rotatable bonds is 3. The summed E-state index contributed by atoms with van der Waals surface area (Å²) in [6.07, 6.45) is 0. The lowest BCUT2D eigenvalue weighted by Gasteiger charge is -2.10. The van der Waals surface area contributed by atoms with Crippen molar-refractivity contribution >= 4 is 7.69 Å². The second-order valence-electron chi connectivity index (χ2n) is 2.33. The van der Waals surface area contributed by atoms with Crippen LogP contribution in [0, 0.1) is 6.92 Å². The summed E-state index contributed by atoms with van der Waals surface area (Å²) in [7, 11) is 2.20. The second-order valence-corrected chi connectivity index (χ2v) is 2.33. The first-order chi connectivity index (χ1) is 5.79. The normalized spacial score (nSPS) is 9.25. The molecule has 1 radical (unpaired) electrons. The first kappa shape index (κ1) is 8.94. The minimum absolute atomic E-state index is 0.544. The lowest BCUT2D eigenvalue weighted by molar-refractivity contribution is 0.380. The molecule has 0 saturated heterocycles. The Morgan fingerprint density at radius 1 is 1.42 bits per heavy atom. The summed E-state index contributed by atoms with van der Waals surface area (Å²) in [5, 5.41) is 8.46. The van der Waals surface area contributed by atoms with Crippen molar-refractivity contribution in [3.8, 4) is 11.5 Å². The predicted octanol–water partition coefficient (Wildman–Crippen LogP) is 0.909. The molecule has 0 fully saturated rings. The van der Waals surface area contributed by atoms with Gasteiger partial charge in [0.2, 0.25) is 0 Å². The zero-order valence-electron chi connectivity index (χ0n) is 7.07. The van der Waals surface area contributed by atoms with Crippen LogP contribution in [0.1, 0.15) is 5.56 Å². The summed E-state index contributed by atoms with van der Waals surface area (Å²) in [5.74, 6) is 1.16. The zero-order valence-corrected chi connectivity index (χ0v) is 7.07. The predicted molar refractivity (Wildman–Crippen MR) is 46.3 cm³/mol. The van der Waals surface area contributed by atoms with Crippen LogP contribution in [0.5, 0.6) is 11.5 Å². The zero-order chi connectivity index (χ0) is 8.97. The fraction of sp³-hybridized carbons (Fsp3) is 0.250. The number of aryl methyl sites for hydroxylation is 1. The molecule has 0 aliphatic rings. The SMILES string of the molecule is COc1cccc(C)c1O[B]O. The van der Waals surface area contributed by atoms with Crippen LogP contribution < -0.4 is 9.39 Å². The molecule has 0 aromatic heterocycles. The van der Waals surface area contributed by atoms with Crippen molar-refractivity contribution in [2.45, 2.75) is 6.92 Å². The summed E-state index contributed by atoms with van der Waals surface area (Å²) in [6.45, 7) is 1.88. The average molecular weight is 165 g/mol. The maximum Gasteiger partial charge on any atom is 0.569 e. The highest BCUT2D eigenvalue weighted by Crippen LogP contribution is 2.29. The number of hydrogen-bond donors (Lipinski definition) is 1. The number of hydrogen-bond acceptors (Lipinski definition) is 3. The molecule has 1 rings (SSSR count). The molecule has 4 heteroatoms. The van der Waals surface area contributed by atoms with Gasteiger partial charge in [-0.15, -0.1) is 0 Å². The van der Waals surface area contributed by atoms with Crippen LogP contribution in [-0.4, -0.2) is 19.8 Å². The molecule has 3 nitrogen and oxygen atoms in total. The summed E-state index contributed by atoms with van der Waals surface area (Å²) < 4.78 is 9.89. The van der Waals surface area contributed by atoms with Crippen LogP contribution in [0.3, 0.4) is 0 Å². The molecule has 63 valence electrons. The lowest BCUT2D eigenvalue weighted by Crippen LogP contribution is -2.03. The molecule has 1 aromatic carbocycles. The molecule has 1 aromatic rings. The minimum Gasteiger partial charge on any atom is -0.535 e. The molecular formula is C8H10BO3. The van der Waals surface area contributed by atoms with Crippen molar-refractivity contribution in [2.24, 2.45) is 0 Å². The third-order valence-electron chi connectivity index (χ3n) is 1.57. The van der Waals surface area contributed by atoms with Crippen LogP contribution >= 0.6 is 0 Å². The molecule has 0 heterocycles. The standard InChI is InChI=1S/C8H10BO3/c1-6-4-3-5-7(11-2)8(6)12-9-10/h3-5,10H,1-2H3. The molecular weight excluding hydrogens is 155 g/mol. The van der Waals surface area contributed by atoms with E-state index in [1.807, 2.05) is 19.1 Å². The van der Waals surface area contributed by atoms with E-state index in [1.54, 1.807) is 13.2 Å². The van der Waals surface area contributed by atoms with Gasteiger partial charge in [0.05, 0.1) is 7.11 Å². The maximum atomic E-state index is 8.46.